The molecule has 42 heavy (non-hydrogen) atoms. The van der Waals surface area contributed by atoms with Gasteiger partial charge in [-0.2, -0.15) is 0 Å². The maximum atomic E-state index is 12.9. The zero-order chi connectivity index (χ0) is 29.1. The van der Waals surface area contributed by atoms with Gasteiger partial charge in [-0.05, 0) is 76.1 Å². The normalized spacial score (nSPS) is 17.2. The molecule has 4 aromatic rings. The van der Waals surface area contributed by atoms with Crippen LogP contribution in [0.4, 0.5) is 10.9 Å². The summed E-state index contributed by atoms with van der Waals surface area (Å²) in [6.07, 6.45) is 9.69. The van der Waals surface area contributed by atoms with E-state index in [1.807, 2.05) is 30.0 Å². The summed E-state index contributed by atoms with van der Waals surface area (Å²) in [5.41, 5.74) is 1.02. The summed E-state index contributed by atoms with van der Waals surface area (Å²) in [4.78, 5) is 41.5. The number of nitrogens with one attached hydrogen (secondary N) is 2. The van der Waals surface area contributed by atoms with Crippen molar-refractivity contribution in [2.45, 2.75) is 44.7 Å². The van der Waals surface area contributed by atoms with Gasteiger partial charge in [0.15, 0.2) is 11.6 Å². The zero-order valence-electron chi connectivity index (χ0n) is 23.6. The van der Waals surface area contributed by atoms with Gasteiger partial charge in [0.1, 0.15) is 5.01 Å². The Bertz CT molecular complexity index is 1600. The second-order valence-corrected chi connectivity index (χ2v) is 11.8. The Labute approximate surface area is 247 Å². The third kappa shape index (κ3) is 6.58. The third-order valence-corrected chi connectivity index (χ3v) is 8.12. The first-order valence-electron chi connectivity index (χ1n) is 14.1. The van der Waals surface area contributed by atoms with Crippen molar-refractivity contribution in [1.82, 2.24) is 34.9 Å². The van der Waals surface area contributed by atoms with Crippen molar-refractivity contribution >= 4 is 45.1 Å². The molecule has 13 heteroatoms. The second-order valence-electron chi connectivity index (χ2n) is 10.6. The molecular weight excluding hydrogens is 554 g/mol. The van der Waals surface area contributed by atoms with Crippen LogP contribution in [0.1, 0.15) is 41.0 Å². The summed E-state index contributed by atoms with van der Waals surface area (Å²) >= 11 is 1.31. The van der Waals surface area contributed by atoms with E-state index >= 15 is 0 Å². The number of rotatable bonds is 10. The monoisotopic (exact) mass is 587 g/mol. The number of piperidine rings is 1. The summed E-state index contributed by atoms with van der Waals surface area (Å²) in [5.74, 6) is 0.897. The van der Waals surface area contributed by atoms with Crippen LogP contribution < -0.4 is 15.5 Å². The number of carbonyl (C=O) groups is 2. The van der Waals surface area contributed by atoms with E-state index in [1.165, 1.54) is 29.0 Å². The summed E-state index contributed by atoms with van der Waals surface area (Å²) in [5, 5.41) is 20.8. The summed E-state index contributed by atoms with van der Waals surface area (Å²) < 4.78 is 0. The largest absolute Gasteiger partial charge is 0.363 e. The molecule has 1 aromatic carbocycles. The van der Waals surface area contributed by atoms with Gasteiger partial charge < -0.3 is 15.1 Å². The maximum absolute atomic E-state index is 12.9. The molecule has 2 aliphatic rings. The van der Waals surface area contributed by atoms with E-state index in [2.05, 4.69) is 42.9 Å². The molecule has 0 radical (unpaired) electrons. The molecule has 2 amide bonds. The Kier molecular flexibility index (Phi) is 8.11. The van der Waals surface area contributed by atoms with E-state index in [-0.39, 0.29) is 17.9 Å². The number of hydrogen-bond donors (Lipinski definition) is 2. The minimum absolute atomic E-state index is 0.0432. The summed E-state index contributed by atoms with van der Waals surface area (Å²) in [7, 11) is 2.10. The number of carbonyl (C=O) groups excluding carboxylic acids is 2. The van der Waals surface area contributed by atoms with E-state index in [1.54, 1.807) is 36.5 Å². The number of anilines is 2. The maximum Gasteiger partial charge on any atom is 0.257 e. The van der Waals surface area contributed by atoms with Gasteiger partial charge in [-0.3, -0.25) is 19.8 Å². The molecule has 1 atom stereocenters. The van der Waals surface area contributed by atoms with Gasteiger partial charge >= 0.3 is 0 Å². The highest BCUT2D eigenvalue weighted by Gasteiger charge is 2.26. The number of fused-ring (bicyclic) bond motifs is 1. The topological polar surface area (TPSA) is 130 Å². The van der Waals surface area contributed by atoms with Gasteiger partial charge in [-0.15, -0.1) is 15.3 Å². The highest BCUT2D eigenvalue weighted by molar-refractivity contribution is 7.15. The number of amides is 2. The van der Waals surface area contributed by atoms with Crippen molar-refractivity contribution in [3.05, 3.63) is 65.3 Å². The number of pyridine rings is 1. The summed E-state index contributed by atoms with van der Waals surface area (Å²) in [6.45, 7) is 3.96. The fourth-order valence-electron chi connectivity index (χ4n) is 4.96. The number of aryl methyl sites for hydroxylation is 1. The van der Waals surface area contributed by atoms with Crippen LogP contribution in [0.25, 0.3) is 11.0 Å². The van der Waals surface area contributed by atoms with Crippen LogP contribution >= 0.6 is 11.3 Å². The SMILES string of the molecule is Cc1nnc(NC(=O)c2ccc(On3nc(N[C@@H]4CCCN(C(=O)/C=C/CN(C)C5CC5)C4)c4cccnc43)cc2)s1. The fraction of sp³-hybridized carbons (Fsp3) is 0.379. The van der Waals surface area contributed by atoms with E-state index in [0.29, 0.717) is 40.5 Å². The first kappa shape index (κ1) is 27.8. The number of likely N-dealkylation sites (tertiary alicyclic amines) is 1. The van der Waals surface area contributed by atoms with E-state index in [9.17, 15) is 9.59 Å². The second kappa shape index (κ2) is 12.2. The lowest BCUT2D eigenvalue weighted by molar-refractivity contribution is -0.127. The van der Waals surface area contributed by atoms with E-state index in [0.717, 1.165) is 36.3 Å². The van der Waals surface area contributed by atoms with Gasteiger partial charge in [0.05, 0.1) is 5.39 Å². The molecule has 1 aliphatic heterocycles. The number of aromatic nitrogens is 5. The molecule has 4 heterocycles. The van der Waals surface area contributed by atoms with Gasteiger partial charge in [0.25, 0.3) is 5.91 Å². The predicted molar refractivity (Wildman–Crippen MR) is 161 cm³/mol. The van der Waals surface area contributed by atoms with Crippen LogP contribution in [0.3, 0.4) is 0 Å². The van der Waals surface area contributed by atoms with E-state index in [4.69, 9.17) is 4.84 Å². The van der Waals surface area contributed by atoms with Crippen LogP contribution in [0, 0.1) is 6.92 Å². The van der Waals surface area contributed by atoms with Crippen molar-refractivity contribution < 1.29 is 14.4 Å². The first-order chi connectivity index (χ1) is 20.4. The highest BCUT2D eigenvalue weighted by Crippen LogP contribution is 2.26. The average molecular weight is 588 g/mol. The van der Waals surface area contributed by atoms with Crippen molar-refractivity contribution in [1.29, 1.82) is 0 Å². The van der Waals surface area contributed by atoms with Crippen molar-refractivity contribution in [2.75, 3.05) is 37.3 Å². The number of benzene rings is 1. The Morgan fingerprint density at radius 1 is 1.17 bits per heavy atom. The first-order valence-corrected chi connectivity index (χ1v) is 14.9. The molecule has 6 rings (SSSR count). The number of likely N-dealkylation sites (N-methyl/N-ethyl adjacent to an activating group) is 1. The van der Waals surface area contributed by atoms with Crippen LogP contribution in [-0.2, 0) is 4.79 Å². The molecule has 218 valence electrons. The molecule has 1 saturated heterocycles. The molecule has 12 nitrogen and oxygen atoms in total. The minimum Gasteiger partial charge on any atom is -0.363 e. The smallest absolute Gasteiger partial charge is 0.257 e. The Morgan fingerprint density at radius 2 is 2.00 bits per heavy atom. The minimum atomic E-state index is -0.281. The average Bonchev–Trinajstić information content (AvgIpc) is 3.70. The van der Waals surface area contributed by atoms with Crippen LogP contribution in [-0.4, -0.2) is 85.5 Å². The molecular formula is C29H33N9O3S. The zero-order valence-corrected chi connectivity index (χ0v) is 24.4. The highest BCUT2D eigenvalue weighted by atomic mass is 32.1. The predicted octanol–water partition coefficient (Wildman–Crippen LogP) is 3.74. The third-order valence-electron chi connectivity index (χ3n) is 7.37. The van der Waals surface area contributed by atoms with Crippen LogP contribution in [0.2, 0.25) is 0 Å². The molecule has 2 N–H and O–H groups in total. The van der Waals surface area contributed by atoms with Gasteiger partial charge in [0.2, 0.25) is 16.7 Å². The lowest BCUT2D eigenvalue weighted by Crippen LogP contribution is -2.44. The fourth-order valence-corrected chi connectivity index (χ4v) is 5.54. The standard InChI is InChI=1S/C29H33N9O3S/c1-19-33-34-29(42-19)32-28(40)20-9-13-23(14-10-20)41-38-27-24(7-3-15-30-27)26(35-38)31-21-6-4-17-37(18-21)25(39)8-5-16-36(2)22-11-12-22/h3,5,7-10,13-15,21-22H,4,6,11-12,16-18H2,1-2H3,(H,31,35)(H,32,34,40)/b8-5+/t21-/m1/s1. The quantitative estimate of drug-likeness (QED) is 0.267. The van der Waals surface area contributed by atoms with E-state index < -0.39 is 0 Å². The lowest BCUT2D eigenvalue weighted by atomic mass is 10.1. The lowest BCUT2D eigenvalue weighted by Gasteiger charge is -2.32. The molecule has 0 bridgehead atoms. The van der Waals surface area contributed by atoms with Gasteiger partial charge in [0, 0.05) is 49.6 Å². The van der Waals surface area contributed by atoms with Crippen LogP contribution in [0.5, 0.6) is 5.75 Å². The molecule has 1 aliphatic carbocycles. The van der Waals surface area contributed by atoms with Crippen molar-refractivity contribution in [2.24, 2.45) is 0 Å². The van der Waals surface area contributed by atoms with Crippen LogP contribution in [0.15, 0.2) is 54.7 Å². The van der Waals surface area contributed by atoms with Gasteiger partial charge in [-0.25, -0.2) is 4.98 Å². The molecule has 3 aromatic heterocycles. The molecule has 0 spiro atoms. The Hall–Kier alpha value is -4.36. The van der Waals surface area contributed by atoms with Crippen molar-refractivity contribution in [3.63, 3.8) is 0 Å². The molecule has 2 fully saturated rings. The number of nitrogens with zero attached hydrogens (tertiary/aromatic N) is 7. The molecule has 0 unspecified atom stereocenters. The Morgan fingerprint density at radius 3 is 2.76 bits per heavy atom. The van der Waals surface area contributed by atoms with Crippen molar-refractivity contribution in [3.8, 4) is 5.75 Å². The molecule has 1 saturated carbocycles. The summed E-state index contributed by atoms with van der Waals surface area (Å²) in [6, 6.07) is 11.2. The Balaban J connectivity index is 1.10. The van der Waals surface area contributed by atoms with Gasteiger partial charge in [-0.1, -0.05) is 22.3 Å². The number of hydrogen-bond acceptors (Lipinski definition) is 10.